The lowest BCUT2D eigenvalue weighted by molar-refractivity contribution is 0.283. The molecule has 0 bridgehead atoms. The predicted molar refractivity (Wildman–Crippen MR) is 73.9 cm³/mol. The number of hydrogen-bond donors (Lipinski definition) is 2. The summed E-state index contributed by atoms with van der Waals surface area (Å²) in [6.07, 6.45) is 6.04. The lowest BCUT2D eigenvalue weighted by Crippen LogP contribution is -2.31. The van der Waals surface area contributed by atoms with E-state index in [1.165, 1.54) is 23.7 Å². The summed E-state index contributed by atoms with van der Waals surface area (Å²) in [6.45, 7) is 2.71. The third-order valence-electron chi connectivity index (χ3n) is 3.72. The molecule has 0 amide bonds. The largest absolute Gasteiger partial charge is 0.381 e. The highest BCUT2D eigenvalue weighted by Gasteiger charge is 2.24. The first-order valence-electron chi connectivity index (χ1n) is 6.67. The summed E-state index contributed by atoms with van der Waals surface area (Å²) in [6, 6.07) is 0. The summed E-state index contributed by atoms with van der Waals surface area (Å²) < 4.78 is 28.4. The summed E-state index contributed by atoms with van der Waals surface area (Å²) in [7, 11) is -1.89. The molecule has 108 valence electrons. The Bertz CT molecular complexity index is 538. The fourth-order valence-electron chi connectivity index (χ4n) is 2.74. The Kier molecular flexibility index (Phi) is 4.15. The minimum Gasteiger partial charge on any atom is -0.381 e. The first-order chi connectivity index (χ1) is 8.88. The van der Waals surface area contributed by atoms with E-state index in [0.29, 0.717) is 18.4 Å². The Morgan fingerprint density at radius 1 is 1.53 bits per heavy atom. The molecule has 7 heteroatoms. The van der Waals surface area contributed by atoms with Crippen LogP contribution in [0, 0.1) is 11.8 Å². The minimum atomic E-state index is -3.55. The van der Waals surface area contributed by atoms with Gasteiger partial charge in [0.05, 0.1) is 0 Å². The second kappa shape index (κ2) is 5.50. The van der Waals surface area contributed by atoms with Crippen molar-refractivity contribution in [3.05, 3.63) is 6.20 Å². The Morgan fingerprint density at radius 2 is 2.26 bits per heavy atom. The lowest BCUT2D eigenvalue weighted by atomic mass is 9.83. The van der Waals surface area contributed by atoms with Gasteiger partial charge in [0.2, 0.25) is 10.0 Å². The molecule has 1 aromatic heterocycles. The van der Waals surface area contributed by atoms with E-state index in [-0.39, 0.29) is 10.7 Å². The van der Waals surface area contributed by atoms with E-state index in [9.17, 15) is 8.42 Å². The van der Waals surface area contributed by atoms with Crippen LogP contribution in [0.4, 0.5) is 5.82 Å². The molecule has 1 aliphatic rings. The molecule has 2 atom stereocenters. The number of anilines is 1. The van der Waals surface area contributed by atoms with Gasteiger partial charge >= 0.3 is 0 Å². The molecule has 1 aromatic rings. The van der Waals surface area contributed by atoms with Crippen LogP contribution in [-0.2, 0) is 17.1 Å². The van der Waals surface area contributed by atoms with Crippen molar-refractivity contribution in [2.45, 2.75) is 37.5 Å². The number of aromatic nitrogens is 2. The number of sulfonamides is 1. The third-order valence-corrected chi connectivity index (χ3v) is 5.16. The highest BCUT2D eigenvalue weighted by molar-refractivity contribution is 7.89. The average molecular weight is 286 g/mol. The van der Waals surface area contributed by atoms with Gasteiger partial charge in [-0.1, -0.05) is 19.8 Å². The van der Waals surface area contributed by atoms with E-state index < -0.39 is 10.0 Å². The van der Waals surface area contributed by atoms with Crippen LogP contribution < -0.4 is 10.5 Å². The van der Waals surface area contributed by atoms with Gasteiger partial charge in [-0.3, -0.25) is 4.68 Å². The maximum atomic E-state index is 12.1. The summed E-state index contributed by atoms with van der Waals surface area (Å²) in [4.78, 5) is 0.0684. The van der Waals surface area contributed by atoms with Crippen LogP contribution in [0.1, 0.15) is 32.6 Å². The van der Waals surface area contributed by atoms with E-state index >= 15 is 0 Å². The molecular formula is C12H22N4O2S. The second-order valence-electron chi connectivity index (χ2n) is 5.54. The maximum absolute atomic E-state index is 12.1. The van der Waals surface area contributed by atoms with Crippen LogP contribution >= 0.6 is 0 Å². The van der Waals surface area contributed by atoms with E-state index in [1.807, 2.05) is 0 Å². The van der Waals surface area contributed by atoms with Crippen molar-refractivity contribution in [3.8, 4) is 0 Å². The van der Waals surface area contributed by atoms with Gasteiger partial charge in [-0.25, -0.2) is 13.1 Å². The molecule has 1 heterocycles. The molecule has 19 heavy (non-hydrogen) atoms. The zero-order valence-corrected chi connectivity index (χ0v) is 12.3. The summed E-state index contributed by atoms with van der Waals surface area (Å²) >= 11 is 0. The Hall–Kier alpha value is -1.08. The molecule has 6 nitrogen and oxygen atoms in total. The fraction of sp³-hybridized carbons (Fsp3) is 0.750. The molecule has 1 aliphatic carbocycles. The number of nitrogens with zero attached hydrogens (tertiary/aromatic N) is 2. The van der Waals surface area contributed by atoms with Crippen molar-refractivity contribution in [2.75, 3.05) is 12.3 Å². The first kappa shape index (κ1) is 14.3. The number of aryl methyl sites for hydroxylation is 1. The molecule has 2 rings (SSSR count). The molecule has 0 radical (unpaired) electrons. The van der Waals surface area contributed by atoms with Crippen LogP contribution in [0.3, 0.4) is 0 Å². The number of hydrogen-bond acceptors (Lipinski definition) is 4. The minimum absolute atomic E-state index is 0.0482. The van der Waals surface area contributed by atoms with Crippen LogP contribution in [-0.4, -0.2) is 24.7 Å². The summed E-state index contributed by atoms with van der Waals surface area (Å²) in [5, 5.41) is 3.86. The van der Waals surface area contributed by atoms with Gasteiger partial charge in [0.1, 0.15) is 4.90 Å². The van der Waals surface area contributed by atoms with Crippen LogP contribution in [0.2, 0.25) is 0 Å². The molecule has 0 aromatic carbocycles. The first-order valence-corrected chi connectivity index (χ1v) is 8.15. The van der Waals surface area contributed by atoms with E-state index in [2.05, 4.69) is 16.7 Å². The predicted octanol–water partition coefficient (Wildman–Crippen LogP) is 1.11. The number of nitrogens with two attached hydrogens (primary N) is 1. The van der Waals surface area contributed by atoms with Crippen molar-refractivity contribution >= 4 is 15.8 Å². The van der Waals surface area contributed by atoms with Crippen molar-refractivity contribution < 1.29 is 8.42 Å². The molecule has 1 saturated carbocycles. The van der Waals surface area contributed by atoms with Crippen molar-refractivity contribution in [1.82, 2.24) is 14.5 Å². The Morgan fingerprint density at radius 3 is 2.84 bits per heavy atom. The van der Waals surface area contributed by atoms with Crippen LogP contribution in [0.5, 0.6) is 0 Å². The summed E-state index contributed by atoms with van der Waals surface area (Å²) in [5.74, 6) is 1.16. The van der Waals surface area contributed by atoms with Crippen molar-refractivity contribution in [3.63, 3.8) is 0 Å². The molecule has 1 fully saturated rings. The quantitative estimate of drug-likeness (QED) is 0.867. The van der Waals surface area contributed by atoms with Gasteiger partial charge in [-0.2, -0.15) is 5.10 Å². The van der Waals surface area contributed by atoms with Gasteiger partial charge in [0.25, 0.3) is 0 Å². The highest BCUT2D eigenvalue weighted by atomic mass is 32.2. The smallest absolute Gasteiger partial charge is 0.245 e. The number of nitrogen functional groups attached to an aromatic ring is 1. The molecule has 0 saturated heterocycles. The number of nitrogens with one attached hydrogen (secondary N) is 1. The second-order valence-corrected chi connectivity index (χ2v) is 7.28. The zero-order valence-electron chi connectivity index (χ0n) is 11.5. The van der Waals surface area contributed by atoms with Gasteiger partial charge in [-0.05, 0) is 24.7 Å². The molecule has 2 unspecified atom stereocenters. The lowest BCUT2D eigenvalue weighted by Gasteiger charge is -2.26. The monoisotopic (exact) mass is 286 g/mol. The van der Waals surface area contributed by atoms with Gasteiger partial charge in [-0.15, -0.1) is 0 Å². The summed E-state index contributed by atoms with van der Waals surface area (Å²) in [5.41, 5.74) is 5.61. The van der Waals surface area contributed by atoms with Crippen LogP contribution in [0.15, 0.2) is 11.1 Å². The zero-order chi connectivity index (χ0) is 14.0. The highest BCUT2D eigenvalue weighted by Crippen LogP contribution is 2.28. The SMILES string of the molecule is CC1CCCC(CNS(=O)(=O)c2cn(C)nc2N)C1. The van der Waals surface area contributed by atoms with Gasteiger partial charge in [0, 0.05) is 19.8 Å². The van der Waals surface area contributed by atoms with Crippen molar-refractivity contribution in [1.29, 1.82) is 0 Å². The molecular weight excluding hydrogens is 264 g/mol. The van der Waals surface area contributed by atoms with E-state index in [1.54, 1.807) is 7.05 Å². The van der Waals surface area contributed by atoms with Gasteiger partial charge < -0.3 is 5.73 Å². The van der Waals surface area contributed by atoms with E-state index in [0.717, 1.165) is 12.8 Å². The normalized spacial score (nSPS) is 24.5. The third kappa shape index (κ3) is 3.48. The Balaban J connectivity index is 2.00. The average Bonchev–Trinajstić information content (AvgIpc) is 2.67. The number of rotatable bonds is 4. The van der Waals surface area contributed by atoms with Crippen LogP contribution in [0.25, 0.3) is 0 Å². The van der Waals surface area contributed by atoms with Gasteiger partial charge in [0.15, 0.2) is 5.82 Å². The molecule has 0 spiro atoms. The molecule has 0 aliphatic heterocycles. The fourth-order valence-corrected chi connectivity index (χ4v) is 3.96. The standard InChI is InChI=1S/C12H22N4O2S/c1-9-4-3-5-10(6-9)7-14-19(17,18)11-8-16(2)15-12(11)13/h8-10,14H,3-7H2,1-2H3,(H2,13,15). The maximum Gasteiger partial charge on any atom is 0.245 e. The Labute approximate surface area is 114 Å². The van der Waals surface area contributed by atoms with Crippen molar-refractivity contribution in [2.24, 2.45) is 18.9 Å². The molecule has 3 N–H and O–H groups in total. The topological polar surface area (TPSA) is 90.0 Å². The van der Waals surface area contributed by atoms with E-state index in [4.69, 9.17) is 5.73 Å².